The van der Waals surface area contributed by atoms with Crippen LogP contribution in [0, 0.1) is 0 Å². The Bertz CT molecular complexity index is 1150. The fourth-order valence-corrected chi connectivity index (χ4v) is 5.68. The zero-order chi connectivity index (χ0) is 23.0. The fourth-order valence-electron chi connectivity index (χ4n) is 5.00. The average molecular weight is 463 g/mol. The Morgan fingerprint density at radius 2 is 1.94 bits per heavy atom. The van der Waals surface area contributed by atoms with E-state index in [1.165, 1.54) is 12.0 Å². The maximum Gasteiger partial charge on any atom is 0.277 e. The number of anilines is 1. The van der Waals surface area contributed by atoms with Gasteiger partial charge in [0, 0.05) is 11.7 Å². The highest BCUT2D eigenvalue weighted by atomic mass is 32.1. The van der Waals surface area contributed by atoms with E-state index in [1.54, 1.807) is 20.9 Å². The Kier molecular flexibility index (Phi) is 5.83. The van der Waals surface area contributed by atoms with Crippen LogP contribution >= 0.6 is 11.3 Å². The molecule has 3 heterocycles. The molecule has 172 valence electrons. The van der Waals surface area contributed by atoms with E-state index in [1.807, 2.05) is 54.8 Å². The molecule has 7 heteroatoms. The number of benzene rings is 1. The average Bonchev–Trinajstić information content (AvgIpc) is 3.50. The van der Waals surface area contributed by atoms with Gasteiger partial charge in [0.05, 0.1) is 11.4 Å². The minimum Gasteiger partial charge on any atom is -0.351 e. The number of nitrogens with zero attached hydrogens (tertiary/aromatic N) is 3. The molecular weight excluding hydrogens is 432 g/mol. The Morgan fingerprint density at radius 1 is 1.18 bits per heavy atom. The van der Waals surface area contributed by atoms with Crippen molar-refractivity contribution >= 4 is 28.8 Å². The highest BCUT2D eigenvalue weighted by Gasteiger charge is 2.49. The molecule has 3 aromatic rings. The maximum absolute atomic E-state index is 13.9. The summed E-state index contributed by atoms with van der Waals surface area (Å²) in [5.74, 6) is -0.303. The Hall–Kier alpha value is -2.93. The number of carbonyl (C=O) groups excluding carboxylic acids is 2. The van der Waals surface area contributed by atoms with E-state index >= 15 is 0 Å². The lowest BCUT2D eigenvalue weighted by Gasteiger charge is -2.44. The van der Waals surface area contributed by atoms with Gasteiger partial charge in [0.1, 0.15) is 16.9 Å². The standard InChI is InChI=1S/C26H30N4O2S/c1-3-18-11-13-20(14-12-18)30-24(31)22-16-21(23-10-7-15-33-23)28-29(22)17-26(30,2)25(32)27-19-8-5-4-6-9-19/h7,10-16,19H,3-6,8-9,17H2,1-2H3,(H,27,32)/t26-/m0/s1. The van der Waals surface area contributed by atoms with E-state index in [0.717, 1.165) is 48.4 Å². The Morgan fingerprint density at radius 3 is 2.61 bits per heavy atom. The third-order valence-corrected chi connectivity index (χ3v) is 7.85. The van der Waals surface area contributed by atoms with Crippen molar-refractivity contribution < 1.29 is 9.59 Å². The lowest BCUT2D eigenvalue weighted by atomic mass is 9.91. The van der Waals surface area contributed by atoms with Gasteiger partial charge in [-0.05, 0) is 61.4 Å². The number of carbonyl (C=O) groups is 2. The molecule has 0 saturated heterocycles. The summed E-state index contributed by atoms with van der Waals surface area (Å²) in [4.78, 5) is 30.3. The van der Waals surface area contributed by atoms with Crippen LogP contribution in [0.1, 0.15) is 62.0 Å². The number of rotatable bonds is 5. The van der Waals surface area contributed by atoms with Crippen LogP contribution < -0.4 is 10.2 Å². The van der Waals surface area contributed by atoms with Crippen molar-refractivity contribution in [2.75, 3.05) is 4.90 Å². The predicted octanol–water partition coefficient (Wildman–Crippen LogP) is 5.04. The van der Waals surface area contributed by atoms with Gasteiger partial charge in [-0.25, -0.2) is 0 Å². The molecule has 5 rings (SSSR count). The van der Waals surface area contributed by atoms with Gasteiger partial charge in [0.2, 0.25) is 5.91 Å². The summed E-state index contributed by atoms with van der Waals surface area (Å²) in [6.07, 6.45) is 6.41. The van der Waals surface area contributed by atoms with E-state index in [9.17, 15) is 9.59 Å². The first-order chi connectivity index (χ1) is 16.0. The number of hydrogen-bond donors (Lipinski definition) is 1. The summed E-state index contributed by atoms with van der Waals surface area (Å²) in [6.45, 7) is 4.28. The van der Waals surface area contributed by atoms with E-state index in [-0.39, 0.29) is 17.9 Å². The number of fused-ring (bicyclic) bond motifs is 1. The van der Waals surface area contributed by atoms with Gasteiger partial charge in [-0.2, -0.15) is 5.10 Å². The topological polar surface area (TPSA) is 67.2 Å². The van der Waals surface area contributed by atoms with Crippen LogP contribution in [0.3, 0.4) is 0 Å². The van der Waals surface area contributed by atoms with Crippen LogP contribution in [-0.4, -0.2) is 33.2 Å². The van der Waals surface area contributed by atoms with Crippen LogP contribution in [-0.2, 0) is 17.8 Å². The third-order valence-electron chi connectivity index (χ3n) is 6.96. The van der Waals surface area contributed by atoms with Gasteiger partial charge in [0.25, 0.3) is 5.91 Å². The SMILES string of the molecule is CCc1ccc(N2C(=O)c3cc(-c4cccs4)nn3C[C@@]2(C)C(=O)NC2CCCCC2)cc1. The monoisotopic (exact) mass is 462 g/mol. The van der Waals surface area contributed by atoms with Crippen LogP contribution in [0.2, 0.25) is 0 Å². The van der Waals surface area contributed by atoms with Crippen molar-refractivity contribution in [3.8, 4) is 10.6 Å². The number of nitrogens with one attached hydrogen (secondary N) is 1. The molecule has 0 spiro atoms. The quantitative estimate of drug-likeness (QED) is 0.577. The van der Waals surface area contributed by atoms with Crippen molar-refractivity contribution in [3.05, 3.63) is 59.1 Å². The largest absolute Gasteiger partial charge is 0.351 e. The Labute approximate surface area is 198 Å². The molecular formula is C26H30N4O2S. The first-order valence-corrected chi connectivity index (χ1v) is 12.7. The number of hydrogen-bond acceptors (Lipinski definition) is 4. The van der Waals surface area contributed by atoms with E-state index in [0.29, 0.717) is 12.2 Å². The van der Waals surface area contributed by atoms with Gasteiger partial charge < -0.3 is 5.32 Å². The van der Waals surface area contributed by atoms with Gasteiger partial charge in [-0.3, -0.25) is 19.2 Å². The molecule has 2 amide bonds. The number of thiophene rings is 1. The summed E-state index contributed by atoms with van der Waals surface area (Å²) in [6, 6.07) is 14.0. The molecule has 2 aromatic heterocycles. The zero-order valence-corrected chi connectivity index (χ0v) is 20.0. The molecule has 0 radical (unpaired) electrons. The van der Waals surface area contributed by atoms with E-state index < -0.39 is 5.54 Å². The second-order valence-corrected chi connectivity index (χ2v) is 10.2. The summed E-state index contributed by atoms with van der Waals surface area (Å²) in [7, 11) is 0. The number of aryl methyl sites for hydroxylation is 1. The lowest BCUT2D eigenvalue weighted by molar-refractivity contribution is -0.127. The molecule has 1 aromatic carbocycles. The fraction of sp³-hybridized carbons (Fsp3) is 0.423. The van der Waals surface area contributed by atoms with Crippen molar-refractivity contribution in [1.82, 2.24) is 15.1 Å². The molecule has 33 heavy (non-hydrogen) atoms. The first-order valence-electron chi connectivity index (χ1n) is 11.9. The molecule has 2 aliphatic rings. The van der Waals surface area contributed by atoms with Gasteiger partial charge in [-0.15, -0.1) is 11.3 Å². The molecule has 1 atom stereocenters. The van der Waals surface area contributed by atoms with Crippen LogP contribution in [0.5, 0.6) is 0 Å². The molecule has 1 aliphatic heterocycles. The smallest absolute Gasteiger partial charge is 0.277 e. The first kappa shape index (κ1) is 21.9. The van der Waals surface area contributed by atoms with Gasteiger partial charge >= 0.3 is 0 Å². The molecule has 0 bridgehead atoms. The highest BCUT2D eigenvalue weighted by molar-refractivity contribution is 7.13. The van der Waals surface area contributed by atoms with Crippen molar-refractivity contribution in [3.63, 3.8) is 0 Å². The van der Waals surface area contributed by atoms with E-state index in [4.69, 9.17) is 5.10 Å². The second kappa shape index (κ2) is 8.78. The van der Waals surface area contributed by atoms with Crippen molar-refractivity contribution in [2.45, 2.75) is 70.5 Å². The molecule has 1 aliphatic carbocycles. The van der Waals surface area contributed by atoms with Gasteiger partial charge in [-0.1, -0.05) is 44.4 Å². The minimum absolute atomic E-state index is 0.110. The summed E-state index contributed by atoms with van der Waals surface area (Å²) in [5, 5.41) is 9.99. The number of amides is 2. The predicted molar refractivity (Wildman–Crippen MR) is 132 cm³/mol. The molecule has 0 unspecified atom stereocenters. The number of aromatic nitrogens is 2. The molecule has 1 saturated carbocycles. The molecule has 1 fully saturated rings. The Balaban J connectivity index is 1.55. The van der Waals surface area contributed by atoms with Crippen LogP contribution in [0.25, 0.3) is 10.6 Å². The highest BCUT2D eigenvalue weighted by Crippen LogP contribution is 2.35. The van der Waals surface area contributed by atoms with Crippen molar-refractivity contribution in [2.24, 2.45) is 0 Å². The van der Waals surface area contributed by atoms with Crippen molar-refractivity contribution in [1.29, 1.82) is 0 Å². The van der Waals surface area contributed by atoms with Crippen LogP contribution in [0.15, 0.2) is 47.8 Å². The van der Waals surface area contributed by atoms with Crippen LogP contribution in [0.4, 0.5) is 5.69 Å². The zero-order valence-electron chi connectivity index (χ0n) is 19.2. The summed E-state index contributed by atoms with van der Waals surface area (Å²) >= 11 is 1.59. The van der Waals surface area contributed by atoms with Gasteiger partial charge in [0.15, 0.2) is 0 Å². The summed E-state index contributed by atoms with van der Waals surface area (Å²) in [5.41, 5.74) is 2.14. The molecule has 1 N–H and O–H groups in total. The third kappa shape index (κ3) is 3.99. The second-order valence-electron chi connectivity index (χ2n) is 9.29. The maximum atomic E-state index is 13.9. The lowest BCUT2D eigenvalue weighted by Crippen LogP contribution is -2.65. The summed E-state index contributed by atoms with van der Waals surface area (Å²) < 4.78 is 1.72. The molecule has 6 nitrogen and oxygen atoms in total. The van der Waals surface area contributed by atoms with E-state index in [2.05, 4.69) is 12.2 Å². The normalized spacial score (nSPS) is 21.2. The minimum atomic E-state index is -1.08.